The third-order valence-electron chi connectivity index (χ3n) is 4.94. The first kappa shape index (κ1) is 19.4. The van der Waals surface area contributed by atoms with E-state index in [1.54, 1.807) is 0 Å². The van der Waals surface area contributed by atoms with Gasteiger partial charge in [-0.15, -0.1) is 5.73 Å². The normalized spacial score (nSPS) is 14.2. The summed E-state index contributed by atoms with van der Waals surface area (Å²) in [6.45, 7) is 6.16. The Bertz CT molecular complexity index is 933. The van der Waals surface area contributed by atoms with Crippen LogP contribution in [0, 0.1) is 0 Å². The van der Waals surface area contributed by atoms with Gasteiger partial charge in [-0.1, -0.05) is 111 Å². The zero-order valence-corrected chi connectivity index (χ0v) is 16.4. The van der Waals surface area contributed by atoms with Gasteiger partial charge < -0.3 is 0 Å². The van der Waals surface area contributed by atoms with E-state index >= 15 is 0 Å². The second-order valence-corrected chi connectivity index (χ2v) is 6.63. The molecule has 0 heterocycles. The number of hydrogen-bond donors (Lipinski definition) is 0. The van der Waals surface area contributed by atoms with Gasteiger partial charge >= 0.3 is 0 Å². The average Bonchev–Trinajstić information content (AvgIpc) is 3.04. The Balaban J connectivity index is 2.44. The van der Waals surface area contributed by atoms with Crippen LogP contribution >= 0.6 is 0 Å². The summed E-state index contributed by atoms with van der Waals surface area (Å²) in [5, 5.41) is 0. The maximum Gasteiger partial charge on any atom is 0.0701 e. The fraction of sp³-hybridized carbons (Fsp3) is 0.107. The van der Waals surface area contributed by atoms with Crippen molar-refractivity contribution in [3.05, 3.63) is 150 Å². The summed E-state index contributed by atoms with van der Waals surface area (Å²) in [6.07, 6.45) is 19.8. The summed E-state index contributed by atoms with van der Waals surface area (Å²) < 4.78 is 0. The molecule has 0 amide bonds. The van der Waals surface area contributed by atoms with E-state index in [9.17, 15) is 0 Å². The summed E-state index contributed by atoms with van der Waals surface area (Å²) in [4.78, 5) is 0. The molecule has 0 N–H and O–H groups in total. The highest BCUT2D eigenvalue weighted by atomic mass is 14.4. The van der Waals surface area contributed by atoms with E-state index < -0.39 is 5.41 Å². The summed E-state index contributed by atoms with van der Waals surface area (Å²) in [7, 11) is 0. The van der Waals surface area contributed by atoms with Crippen molar-refractivity contribution in [2.75, 3.05) is 0 Å². The molecule has 1 aliphatic rings. The van der Waals surface area contributed by atoms with E-state index in [0.29, 0.717) is 0 Å². The van der Waals surface area contributed by atoms with Crippen LogP contribution in [0.5, 0.6) is 0 Å². The third kappa shape index (κ3) is 3.83. The molecular formula is C28H26. The van der Waals surface area contributed by atoms with Gasteiger partial charge in [-0.05, 0) is 46.9 Å². The van der Waals surface area contributed by atoms with E-state index in [0.717, 1.165) is 6.42 Å². The number of hydrogen-bond acceptors (Lipinski definition) is 0. The molecule has 0 atom stereocenters. The zero-order chi connectivity index (χ0) is 19.7. The third-order valence-corrected chi connectivity index (χ3v) is 4.94. The topological polar surface area (TPSA) is 0 Å². The number of benzene rings is 2. The summed E-state index contributed by atoms with van der Waals surface area (Å²) in [5.74, 6) is 0. The Hall–Kier alpha value is -3.34. The lowest BCUT2D eigenvalue weighted by Crippen LogP contribution is -2.32. The minimum absolute atomic E-state index is 0.449. The highest BCUT2D eigenvalue weighted by Gasteiger charge is 2.39. The molecule has 138 valence electrons. The minimum Gasteiger partial charge on any atom is -0.121 e. The van der Waals surface area contributed by atoms with Crippen molar-refractivity contribution in [1.29, 1.82) is 0 Å². The lowest BCUT2D eigenvalue weighted by atomic mass is 9.63. The molecule has 3 rings (SSSR count). The molecule has 1 aliphatic carbocycles. The lowest BCUT2D eigenvalue weighted by molar-refractivity contribution is 0.742. The SMILES string of the molecule is C=CC=C(C=CCC)C(C1=CC=C=CC=C1)(c1ccccc1)c1ccccc1. The predicted molar refractivity (Wildman–Crippen MR) is 121 cm³/mol. The van der Waals surface area contributed by atoms with E-state index in [4.69, 9.17) is 0 Å². The Morgan fingerprint density at radius 3 is 2.18 bits per heavy atom. The van der Waals surface area contributed by atoms with Crippen LogP contribution in [0.15, 0.2) is 139 Å². The quantitative estimate of drug-likeness (QED) is 0.359. The second kappa shape index (κ2) is 9.55. The summed E-state index contributed by atoms with van der Waals surface area (Å²) >= 11 is 0. The Kier molecular flexibility index (Phi) is 6.63. The molecule has 0 nitrogen and oxygen atoms in total. The lowest BCUT2D eigenvalue weighted by Gasteiger charge is -2.38. The zero-order valence-electron chi connectivity index (χ0n) is 16.4. The van der Waals surface area contributed by atoms with E-state index in [1.807, 2.05) is 18.2 Å². The van der Waals surface area contributed by atoms with Crippen LogP contribution in [-0.4, -0.2) is 0 Å². The number of rotatable bonds is 7. The van der Waals surface area contributed by atoms with Gasteiger partial charge in [-0.2, -0.15) is 0 Å². The van der Waals surface area contributed by atoms with Crippen LogP contribution in [0.2, 0.25) is 0 Å². The van der Waals surface area contributed by atoms with Crippen molar-refractivity contribution in [3.8, 4) is 0 Å². The van der Waals surface area contributed by atoms with Gasteiger partial charge in [-0.25, -0.2) is 0 Å². The molecule has 28 heavy (non-hydrogen) atoms. The minimum atomic E-state index is -0.449. The highest BCUT2D eigenvalue weighted by Crippen LogP contribution is 2.47. The molecule has 0 unspecified atom stereocenters. The fourth-order valence-electron chi connectivity index (χ4n) is 3.76. The molecule has 2 aromatic rings. The standard InChI is InChI=1S/C28H26/c1-3-5-17-24(16-4-2)28(26-20-12-8-13-21-26,27-22-14-9-15-23-27)25-18-10-6-7-11-19-25/h4-6,8-23H,2-3H2,1H3. The van der Waals surface area contributed by atoms with Gasteiger partial charge in [-0.3, -0.25) is 0 Å². The van der Waals surface area contributed by atoms with Gasteiger partial charge in [0.1, 0.15) is 0 Å². The predicted octanol–water partition coefficient (Wildman–Crippen LogP) is 7.26. The van der Waals surface area contributed by atoms with Gasteiger partial charge in [0, 0.05) is 0 Å². The van der Waals surface area contributed by atoms with Crippen LogP contribution in [0.25, 0.3) is 0 Å². The first-order valence-electron chi connectivity index (χ1n) is 9.74. The first-order chi connectivity index (χ1) is 13.8. The number of allylic oxidation sites excluding steroid dienone is 10. The van der Waals surface area contributed by atoms with Crippen molar-refractivity contribution in [1.82, 2.24) is 0 Å². The van der Waals surface area contributed by atoms with Gasteiger partial charge in [0.05, 0.1) is 5.41 Å². The average molecular weight is 363 g/mol. The Morgan fingerprint density at radius 2 is 1.61 bits per heavy atom. The highest BCUT2D eigenvalue weighted by molar-refractivity contribution is 5.64. The van der Waals surface area contributed by atoms with Crippen LogP contribution in [-0.2, 0) is 5.41 Å². The molecule has 0 radical (unpaired) electrons. The molecule has 0 spiro atoms. The molecule has 0 heteroatoms. The van der Waals surface area contributed by atoms with Crippen molar-refractivity contribution >= 4 is 0 Å². The van der Waals surface area contributed by atoms with Crippen molar-refractivity contribution in [2.45, 2.75) is 18.8 Å². The molecule has 0 aromatic heterocycles. The largest absolute Gasteiger partial charge is 0.121 e. The van der Waals surface area contributed by atoms with Gasteiger partial charge in [0.2, 0.25) is 0 Å². The van der Waals surface area contributed by atoms with Crippen LogP contribution < -0.4 is 0 Å². The Morgan fingerprint density at radius 1 is 0.964 bits per heavy atom. The van der Waals surface area contributed by atoms with E-state index in [2.05, 4.69) is 116 Å². The van der Waals surface area contributed by atoms with Crippen molar-refractivity contribution < 1.29 is 0 Å². The molecule has 0 aliphatic heterocycles. The first-order valence-corrected chi connectivity index (χ1v) is 9.74. The second-order valence-electron chi connectivity index (χ2n) is 6.63. The Labute approximate surface area is 168 Å². The van der Waals surface area contributed by atoms with Crippen LogP contribution in [0.3, 0.4) is 0 Å². The summed E-state index contributed by atoms with van der Waals surface area (Å²) in [6, 6.07) is 21.4. The van der Waals surface area contributed by atoms with Crippen molar-refractivity contribution in [2.24, 2.45) is 0 Å². The fourth-order valence-corrected chi connectivity index (χ4v) is 3.76. The van der Waals surface area contributed by atoms with E-state index in [1.165, 1.54) is 22.3 Å². The monoisotopic (exact) mass is 362 g/mol. The van der Waals surface area contributed by atoms with Gasteiger partial charge in [0.15, 0.2) is 0 Å². The molecule has 0 saturated carbocycles. The molecule has 0 bridgehead atoms. The smallest absolute Gasteiger partial charge is 0.0701 e. The molecular weight excluding hydrogens is 336 g/mol. The van der Waals surface area contributed by atoms with Crippen LogP contribution in [0.1, 0.15) is 24.5 Å². The molecule has 0 saturated heterocycles. The summed E-state index contributed by atoms with van der Waals surface area (Å²) in [5.41, 5.74) is 7.58. The van der Waals surface area contributed by atoms with E-state index in [-0.39, 0.29) is 0 Å². The maximum absolute atomic E-state index is 4.00. The van der Waals surface area contributed by atoms with Gasteiger partial charge in [0.25, 0.3) is 0 Å². The van der Waals surface area contributed by atoms with Crippen molar-refractivity contribution in [3.63, 3.8) is 0 Å². The molecule has 2 aromatic carbocycles. The van der Waals surface area contributed by atoms with Crippen LogP contribution in [0.4, 0.5) is 0 Å². The molecule has 0 fully saturated rings. The maximum atomic E-state index is 4.00.